The molecule has 0 aliphatic heterocycles. The molecule has 0 amide bonds. The minimum absolute atomic E-state index is 0. The van der Waals surface area contributed by atoms with Gasteiger partial charge in [0.15, 0.2) is 0 Å². The Morgan fingerprint density at radius 3 is 2.12 bits per heavy atom. The van der Waals surface area contributed by atoms with Gasteiger partial charge in [0.25, 0.3) is 0 Å². The summed E-state index contributed by atoms with van der Waals surface area (Å²) in [5.74, 6) is 0.0922. The van der Waals surface area contributed by atoms with E-state index in [4.69, 9.17) is 0 Å². The van der Waals surface area contributed by atoms with Crippen molar-refractivity contribution in [1.29, 1.82) is 0 Å². The van der Waals surface area contributed by atoms with Crippen LogP contribution in [0.2, 0.25) is 13.1 Å². The second kappa shape index (κ2) is 8.19. The number of rotatable bonds is 3. The van der Waals surface area contributed by atoms with Crippen molar-refractivity contribution in [3.8, 4) is 0 Å². The number of hydrogen-bond acceptors (Lipinski definition) is 0. The Balaban J connectivity index is 0.00000144. The zero-order chi connectivity index (χ0) is 16.0. The molecule has 2 aliphatic carbocycles. The Kier molecular flexibility index (Phi) is 7.31. The van der Waals surface area contributed by atoms with Gasteiger partial charge >= 0.3 is 145 Å². The summed E-state index contributed by atoms with van der Waals surface area (Å²) in [6.07, 6.45) is 4.95. The first kappa shape index (κ1) is 21.4. The standard InChI is InChI=1S/C9H7.C9H13.C2H7Si.2FH.Zr/c1-2-5-9-7-3-6-8(9)4-1;1-6-5-7(2)9(4)8(6)3;1-3-2;;;/h1-7H;6H,1-4H3;3H,1-2H3;2*1H;/q;;;;;+2/p-2. The van der Waals surface area contributed by atoms with Gasteiger partial charge in [0.2, 0.25) is 0 Å². The SMILES string of the molecule is CC1=C(C)C(C)[C]([Zr+2]([CH]2C=Cc3ccccc32)[SiH](C)C)=C1C.[F-].[F-]. The molecular weight excluding hydrogens is 398 g/mol. The number of allylic oxidation sites excluding steroid dienone is 5. The first-order chi connectivity index (χ1) is 10.4. The van der Waals surface area contributed by atoms with Crippen molar-refractivity contribution in [2.45, 2.75) is 44.4 Å². The maximum absolute atomic E-state index is 2.61. The third-order valence-corrected chi connectivity index (χ3v) is 26.5. The topological polar surface area (TPSA) is 0 Å². The van der Waals surface area contributed by atoms with E-state index in [-0.39, 0.29) is 9.41 Å². The van der Waals surface area contributed by atoms with E-state index < -0.39 is 26.8 Å². The molecule has 4 heteroatoms. The van der Waals surface area contributed by atoms with Crippen LogP contribution in [-0.2, 0) is 20.9 Å². The molecule has 0 aromatic heterocycles. The largest absolute Gasteiger partial charge is 1.00 e. The summed E-state index contributed by atoms with van der Waals surface area (Å²) >= 11 is -1.65. The molecule has 1 aromatic carbocycles. The zero-order valence-electron chi connectivity index (χ0n) is 15.5. The second-order valence-electron chi connectivity index (χ2n) is 7.14. The minimum atomic E-state index is -1.65. The van der Waals surface area contributed by atoms with Gasteiger partial charge < -0.3 is 9.41 Å². The van der Waals surface area contributed by atoms with E-state index in [0.29, 0.717) is 5.92 Å². The maximum Gasteiger partial charge on any atom is -1.00 e. The Bertz CT molecular complexity index is 703. The van der Waals surface area contributed by atoms with Crippen molar-refractivity contribution in [2.75, 3.05) is 0 Å². The molecule has 24 heavy (non-hydrogen) atoms. The van der Waals surface area contributed by atoms with Gasteiger partial charge in [-0.1, -0.05) is 0 Å². The second-order valence-corrected chi connectivity index (χ2v) is 26.7. The summed E-state index contributed by atoms with van der Waals surface area (Å²) in [4.78, 5) is 0. The smallest absolute Gasteiger partial charge is 1.00 e. The molecule has 2 unspecified atom stereocenters. The van der Waals surface area contributed by atoms with Crippen LogP contribution in [0.1, 0.15) is 42.4 Å². The summed E-state index contributed by atoms with van der Waals surface area (Å²) in [6.45, 7) is 14.8. The Morgan fingerprint density at radius 1 is 0.958 bits per heavy atom. The summed E-state index contributed by atoms with van der Waals surface area (Å²) in [5.41, 5.74) is 8.00. The summed E-state index contributed by atoms with van der Waals surface area (Å²) < 4.78 is 2.72. The summed E-state index contributed by atoms with van der Waals surface area (Å²) in [6, 6.07) is 9.10. The van der Waals surface area contributed by atoms with Gasteiger partial charge in [-0.15, -0.1) is 0 Å². The van der Waals surface area contributed by atoms with Crippen molar-refractivity contribution in [3.05, 3.63) is 61.5 Å². The van der Waals surface area contributed by atoms with Gasteiger partial charge in [0, 0.05) is 0 Å². The first-order valence-electron chi connectivity index (χ1n) is 8.46. The molecule has 3 rings (SSSR count). The molecule has 2 atom stereocenters. The molecule has 0 heterocycles. The van der Waals surface area contributed by atoms with Gasteiger partial charge in [-0.25, -0.2) is 0 Å². The van der Waals surface area contributed by atoms with E-state index in [1.54, 1.807) is 22.3 Å². The maximum atomic E-state index is 2.61. The van der Waals surface area contributed by atoms with Crippen LogP contribution in [0, 0.1) is 5.92 Å². The molecule has 0 saturated heterocycles. The number of fused-ring (bicyclic) bond motifs is 1. The molecule has 1 aromatic rings. The van der Waals surface area contributed by atoms with Crippen LogP contribution in [0.4, 0.5) is 0 Å². The number of halogens is 2. The van der Waals surface area contributed by atoms with Crippen LogP contribution < -0.4 is 9.41 Å². The summed E-state index contributed by atoms with van der Waals surface area (Å²) in [7, 11) is 0. The minimum Gasteiger partial charge on any atom is -1.00 e. The van der Waals surface area contributed by atoms with Crippen LogP contribution in [0.3, 0.4) is 0 Å². The van der Waals surface area contributed by atoms with E-state index in [1.165, 1.54) is 5.56 Å². The first-order valence-corrected chi connectivity index (χ1v) is 18.3. The van der Waals surface area contributed by atoms with Crippen LogP contribution in [0.5, 0.6) is 0 Å². The Labute approximate surface area is 153 Å². The number of benzene rings is 1. The quantitative estimate of drug-likeness (QED) is 0.581. The van der Waals surface area contributed by atoms with Crippen LogP contribution in [0.15, 0.2) is 50.3 Å². The molecule has 0 spiro atoms. The van der Waals surface area contributed by atoms with Gasteiger partial charge in [-0.2, -0.15) is 0 Å². The zero-order valence-corrected chi connectivity index (χ0v) is 19.1. The molecule has 129 valence electrons. The molecule has 0 nitrogen and oxygen atoms in total. The van der Waals surface area contributed by atoms with Gasteiger partial charge in [-0.05, 0) is 0 Å². The average molecular weight is 425 g/mol. The third-order valence-electron chi connectivity index (χ3n) is 5.71. The summed E-state index contributed by atoms with van der Waals surface area (Å²) in [5, 5.41) is 0. The molecule has 0 saturated carbocycles. The van der Waals surface area contributed by atoms with E-state index in [0.717, 1.165) is 3.63 Å². The monoisotopic (exact) mass is 423 g/mol. The fourth-order valence-corrected chi connectivity index (χ4v) is 26.2. The predicted molar refractivity (Wildman–Crippen MR) is 97.3 cm³/mol. The van der Waals surface area contributed by atoms with Crippen molar-refractivity contribution < 1.29 is 30.3 Å². The number of hydrogen-bond donors (Lipinski definition) is 0. The normalized spacial score (nSPS) is 21.8. The Morgan fingerprint density at radius 2 is 1.58 bits per heavy atom. The average Bonchev–Trinajstić information content (AvgIpc) is 2.99. The van der Waals surface area contributed by atoms with E-state index in [1.807, 2.05) is 3.28 Å². The van der Waals surface area contributed by atoms with Gasteiger partial charge in [-0.3, -0.25) is 0 Å². The Hall–Kier alpha value is -0.600. The molecule has 2 aliphatic rings. The molecule has 0 fully saturated rings. The van der Waals surface area contributed by atoms with E-state index >= 15 is 0 Å². The van der Waals surface area contributed by atoms with E-state index in [2.05, 4.69) is 77.2 Å². The third kappa shape index (κ3) is 3.37. The van der Waals surface area contributed by atoms with Crippen molar-refractivity contribution in [1.82, 2.24) is 0 Å². The fourth-order valence-electron chi connectivity index (χ4n) is 4.19. The molecule has 0 N–H and O–H groups in total. The van der Waals surface area contributed by atoms with Crippen LogP contribution in [0.25, 0.3) is 6.08 Å². The van der Waals surface area contributed by atoms with Crippen molar-refractivity contribution in [3.63, 3.8) is 0 Å². The molecular formula is C20H27F2SiZr. The predicted octanol–water partition coefficient (Wildman–Crippen LogP) is -0.376. The van der Waals surface area contributed by atoms with Gasteiger partial charge in [0.1, 0.15) is 0 Å². The van der Waals surface area contributed by atoms with E-state index in [9.17, 15) is 0 Å². The van der Waals surface area contributed by atoms with Crippen LogP contribution >= 0.6 is 0 Å². The van der Waals surface area contributed by atoms with Gasteiger partial charge in [0.05, 0.1) is 0 Å². The van der Waals surface area contributed by atoms with Crippen LogP contribution in [-0.4, -0.2) is 5.92 Å². The molecule has 0 radical (unpaired) electrons. The van der Waals surface area contributed by atoms with Crippen molar-refractivity contribution >= 4 is 12.0 Å². The molecule has 0 bridgehead atoms. The van der Waals surface area contributed by atoms with Crippen molar-refractivity contribution in [2.24, 2.45) is 5.92 Å². The fraction of sp³-hybridized carbons (Fsp3) is 0.400.